The van der Waals surface area contributed by atoms with Crippen molar-refractivity contribution in [2.45, 2.75) is 32.0 Å². The zero-order valence-electron chi connectivity index (χ0n) is 17.9. The van der Waals surface area contributed by atoms with Gasteiger partial charge in [0, 0.05) is 10.9 Å². The van der Waals surface area contributed by atoms with E-state index >= 15 is 0 Å². The van der Waals surface area contributed by atoms with Crippen molar-refractivity contribution in [2.24, 2.45) is 11.8 Å². The summed E-state index contributed by atoms with van der Waals surface area (Å²) in [6.45, 7) is 1.92. The number of nitrogens with one attached hydrogen (secondary N) is 1. The highest BCUT2D eigenvalue weighted by Crippen LogP contribution is 2.45. The van der Waals surface area contributed by atoms with Gasteiger partial charge in [-0.1, -0.05) is 42.5 Å². The van der Waals surface area contributed by atoms with Gasteiger partial charge in [0.05, 0.1) is 30.7 Å². The fourth-order valence-corrected chi connectivity index (χ4v) is 5.99. The molecule has 2 aliphatic rings. The van der Waals surface area contributed by atoms with E-state index in [9.17, 15) is 19.5 Å². The molecule has 2 fully saturated rings. The molecule has 0 radical (unpaired) electrons. The van der Waals surface area contributed by atoms with Crippen molar-refractivity contribution >= 4 is 45.0 Å². The van der Waals surface area contributed by atoms with E-state index in [0.29, 0.717) is 23.4 Å². The smallest absolute Gasteiger partial charge is 0.341 e. The average Bonchev–Trinajstić information content (AvgIpc) is 3.53. The first-order valence-electron chi connectivity index (χ1n) is 11.0. The third-order valence-electron chi connectivity index (χ3n) is 6.45. The summed E-state index contributed by atoms with van der Waals surface area (Å²) in [4.78, 5) is 38.0. The molecule has 1 amide bonds. The molecule has 1 aromatic heterocycles. The molecule has 2 aromatic carbocycles. The highest BCUT2D eigenvalue weighted by atomic mass is 32.1. The van der Waals surface area contributed by atoms with Crippen molar-refractivity contribution in [2.75, 3.05) is 11.9 Å². The predicted molar refractivity (Wildman–Crippen MR) is 124 cm³/mol. The monoisotopic (exact) mass is 465 g/mol. The number of carboxylic acids is 1. The van der Waals surface area contributed by atoms with Crippen molar-refractivity contribution in [3.8, 4) is 11.1 Å². The molecule has 7 nitrogen and oxygen atoms in total. The van der Waals surface area contributed by atoms with Gasteiger partial charge in [-0.15, -0.1) is 11.3 Å². The third kappa shape index (κ3) is 3.69. The largest absolute Gasteiger partial charge is 0.481 e. The second kappa shape index (κ2) is 8.61. The number of carbonyl (C=O) groups is 3. The van der Waals surface area contributed by atoms with Gasteiger partial charge in [0.15, 0.2) is 0 Å². The Morgan fingerprint density at radius 1 is 1.06 bits per heavy atom. The van der Waals surface area contributed by atoms with E-state index in [-0.39, 0.29) is 12.2 Å². The summed E-state index contributed by atoms with van der Waals surface area (Å²) in [5.74, 6) is -3.68. The van der Waals surface area contributed by atoms with Crippen LogP contribution < -0.4 is 5.32 Å². The maximum absolute atomic E-state index is 13.2. The van der Waals surface area contributed by atoms with Crippen LogP contribution in [0.15, 0.2) is 47.8 Å². The standard InChI is InChI=1S/C25H23NO6S/c1-2-31-25(30)19-16(15-9-5-7-13-6-3-4-8-14(13)15)12-33-23(19)26-22(27)20-17-10-11-18(32-17)21(20)24(28)29/h3-9,12,17-18,20-21H,2,10-11H2,1H3,(H,26,27)(H,28,29)/t17-,18-,20-,21+/m1/s1. The second-order valence-electron chi connectivity index (χ2n) is 8.27. The van der Waals surface area contributed by atoms with Gasteiger partial charge in [0.25, 0.3) is 0 Å². The van der Waals surface area contributed by atoms with Crippen LogP contribution in [0.25, 0.3) is 21.9 Å². The molecule has 2 bridgehead atoms. The van der Waals surface area contributed by atoms with Gasteiger partial charge in [-0.2, -0.15) is 0 Å². The number of hydrogen-bond donors (Lipinski definition) is 2. The van der Waals surface area contributed by atoms with E-state index in [4.69, 9.17) is 9.47 Å². The van der Waals surface area contributed by atoms with Gasteiger partial charge in [-0.25, -0.2) is 4.79 Å². The molecule has 2 saturated heterocycles. The van der Waals surface area contributed by atoms with Crippen molar-refractivity contribution in [1.82, 2.24) is 0 Å². The van der Waals surface area contributed by atoms with E-state index in [0.717, 1.165) is 16.3 Å². The fourth-order valence-electron chi connectivity index (χ4n) is 5.03. The lowest BCUT2D eigenvalue weighted by molar-refractivity contribution is -0.147. The van der Waals surface area contributed by atoms with Crippen LogP contribution >= 0.6 is 11.3 Å². The minimum atomic E-state index is -1.03. The number of ether oxygens (including phenoxy) is 2. The Labute approximate surface area is 194 Å². The first kappa shape index (κ1) is 21.6. The molecule has 3 heterocycles. The molecule has 2 aliphatic heterocycles. The maximum Gasteiger partial charge on any atom is 0.341 e. The van der Waals surface area contributed by atoms with Crippen LogP contribution in [0, 0.1) is 11.8 Å². The lowest BCUT2D eigenvalue weighted by Crippen LogP contribution is -2.41. The molecule has 3 aromatic rings. The molecular formula is C25H23NO6S. The third-order valence-corrected chi connectivity index (χ3v) is 7.34. The Balaban J connectivity index is 1.53. The Morgan fingerprint density at radius 3 is 2.55 bits per heavy atom. The van der Waals surface area contributed by atoms with Crippen LogP contribution in [-0.2, 0) is 19.1 Å². The first-order valence-corrected chi connectivity index (χ1v) is 11.8. The topological polar surface area (TPSA) is 102 Å². The lowest BCUT2D eigenvalue weighted by Gasteiger charge is -2.23. The number of carboxylic acid groups (broad SMARTS) is 1. The number of hydrogen-bond acceptors (Lipinski definition) is 6. The molecule has 2 N–H and O–H groups in total. The van der Waals surface area contributed by atoms with Gasteiger partial charge in [0.1, 0.15) is 10.6 Å². The summed E-state index contributed by atoms with van der Waals surface area (Å²) < 4.78 is 11.0. The van der Waals surface area contributed by atoms with Crippen LogP contribution in [0.5, 0.6) is 0 Å². The van der Waals surface area contributed by atoms with E-state index in [1.54, 1.807) is 6.92 Å². The number of benzene rings is 2. The predicted octanol–water partition coefficient (Wildman–Crippen LogP) is 4.56. The number of carbonyl (C=O) groups excluding carboxylic acids is 2. The highest BCUT2D eigenvalue weighted by molar-refractivity contribution is 7.15. The molecule has 5 rings (SSSR count). The zero-order valence-corrected chi connectivity index (χ0v) is 18.8. The minimum absolute atomic E-state index is 0.193. The minimum Gasteiger partial charge on any atom is -0.481 e. The van der Waals surface area contributed by atoms with Crippen molar-refractivity contribution < 1.29 is 29.0 Å². The molecule has 0 unspecified atom stereocenters. The number of rotatable bonds is 6. The molecule has 0 spiro atoms. The normalized spacial score (nSPS) is 23.5. The van der Waals surface area contributed by atoms with E-state index in [1.807, 2.05) is 47.8 Å². The average molecular weight is 466 g/mol. The van der Waals surface area contributed by atoms with Crippen molar-refractivity contribution in [3.63, 3.8) is 0 Å². The highest BCUT2D eigenvalue weighted by Gasteiger charge is 2.55. The van der Waals surface area contributed by atoms with Crippen LogP contribution in [0.1, 0.15) is 30.1 Å². The maximum atomic E-state index is 13.2. The Kier molecular flexibility index (Phi) is 5.64. The summed E-state index contributed by atoms with van der Waals surface area (Å²) in [6, 6.07) is 13.7. The number of thiophene rings is 1. The molecule has 8 heteroatoms. The van der Waals surface area contributed by atoms with Gasteiger partial charge >= 0.3 is 11.9 Å². The van der Waals surface area contributed by atoms with Crippen LogP contribution in [0.4, 0.5) is 5.00 Å². The summed E-state index contributed by atoms with van der Waals surface area (Å²) in [7, 11) is 0. The Morgan fingerprint density at radius 2 is 1.79 bits per heavy atom. The van der Waals surface area contributed by atoms with E-state index in [1.165, 1.54) is 11.3 Å². The quantitative estimate of drug-likeness (QED) is 0.518. The number of esters is 1. The van der Waals surface area contributed by atoms with Crippen molar-refractivity contribution in [3.05, 3.63) is 53.4 Å². The van der Waals surface area contributed by atoms with E-state index in [2.05, 4.69) is 5.32 Å². The van der Waals surface area contributed by atoms with Gasteiger partial charge in [-0.05, 0) is 36.1 Å². The summed E-state index contributed by atoms with van der Waals surface area (Å²) in [5.41, 5.74) is 1.81. The molecule has 170 valence electrons. The van der Waals surface area contributed by atoms with Crippen LogP contribution in [0.2, 0.25) is 0 Å². The molecular weight excluding hydrogens is 442 g/mol. The molecule has 0 aliphatic carbocycles. The second-order valence-corrected chi connectivity index (χ2v) is 9.15. The van der Waals surface area contributed by atoms with Gasteiger partial charge < -0.3 is 19.9 Å². The Hall–Kier alpha value is -3.23. The summed E-state index contributed by atoms with van der Waals surface area (Å²) >= 11 is 1.23. The van der Waals surface area contributed by atoms with E-state index < -0.39 is 41.9 Å². The molecule has 33 heavy (non-hydrogen) atoms. The number of amides is 1. The van der Waals surface area contributed by atoms with Crippen LogP contribution in [0.3, 0.4) is 0 Å². The number of aliphatic carboxylic acids is 1. The summed E-state index contributed by atoms with van der Waals surface area (Å²) in [5, 5.41) is 16.7. The van der Waals surface area contributed by atoms with Crippen LogP contribution in [-0.4, -0.2) is 41.8 Å². The molecule has 0 saturated carbocycles. The fraction of sp³-hybridized carbons (Fsp3) is 0.320. The van der Waals surface area contributed by atoms with Gasteiger partial charge in [-0.3, -0.25) is 9.59 Å². The molecule has 4 atom stereocenters. The summed E-state index contributed by atoms with van der Waals surface area (Å²) in [6.07, 6.45) is 0.439. The lowest BCUT2D eigenvalue weighted by atomic mass is 9.78. The Bertz CT molecular complexity index is 1250. The zero-order chi connectivity index (χ0) is 23.1. The number of fused-ring (bicyclic) bond motifs is 3. The van der Waals surface area contributed by atoms with Gasteiger partial charge in [0.2, 0.25) is 5.91 Å². The number of anilines is 1. The van der Waals surface area contributed by atoms with Crippen molar-refractivity contribution in [1.29, 1.82) is 0 Å². The first-order chi connectivity index (χ1) is 16.0. The SMILES string of the molecule is CCOC(=O)c1c(-c2cccc3ccccc23)csc1NC(=O)[C@H]1[C@@H](C(=O)O)[C@H]2CC[C@H]1O2.